The van der Waals surface area contributed by atoms with E-state index in [0.29, 0.717) is 19.0 Å². The number of aliphatic carboxylic acids is 1. The van der Waals surface area contributed by atoms with Gasteiger partial charge in [0.1, 0.15) is 0 Å². The van der Waals surface area contributed by atoms with Crippen molar-refractivity contribution in [2.24, 2.45) is 0 Å². The van der Waals surface area contributed by atoms with E-state index in [2.05, 4.69) is 43.0 Å². The van der Waals surface area contributed by atoms with Gasteiger partial charge in [-0.3, -0.25) is 4.79 Å². The molecular formula is C17H23N2O3-. The Morgan fingerprint density at radius 1 is 1.05 bits per heavy atom. The Bertz CT molecular complexity index is 517. The highest BCUT2D eigenvalue weighted by molar-refractivity contribution is 5.80. The molecule has 0 aromatic heterocycles. The third-order valence-electron chi connectivity index (χ3n) is 4.10. The van der Waals surface area contributed by atoms with Crippen LogP contribution in [0.2, 0.25) is 0 Å². The summed E-state index contributed by atoms with van der Waals surface area (Å²) in [4.78, 5) is 26.3. The summed E-state index contributed by atoms with van der Waals surface area (Å²) in [6.45, 7) is 7.17. The number of carboxylic acids is 1. The molecule has 120 valence electrons. The number of hydrogen-bond acceptors (Lipinski definition) is 4. The summed E-state index contributed by atoms with van der Waals surface area (Å²) in [5, 5.41) is 10.4. The van der Waals surface area contributed by atoms with Gasteiger partial charge in [-0.2, -0.15) is 0 Å². The molecule has 1 aliphatic heterocycles. The number of amides is 1. The van der Waals surface area contributed by atoms with E-state index in [1.165, 1.54) is 11.3 Å². The first-order valence-corrected chi connectivity index (χ1v) is 7.80. The van der Waals surface area contributed by atoms with Gasteiger partial charge in [-0.15, -0.1) is 0 Å². The van der Waals surface area contributed by atoms with Crippen molar-refractivity contribution in [3.63, 3.8) is 0 Å². The zero-order valence-electron chi connectivity index (χ0n) is 13.2. The lowest BCUT2D eigenvalue weighted by atomic mass is 10.0. The van der Waals surface area contributed by atoms with Crippen LogP contribution >= 0.6 is 0 Å². The molecule has 0 saturated carbocycles. The summed E-state index contributed by atoms with van der Waals surface area (Å²) >= 11 is 0. The van der Waals surface area contributed by atoms with Crippen molar-refractivity contribution in [2.75, 3.05) is 31.1 Å². The molecule has 1 heterocycles. The van der Waals surface area contributed by atoms with Crippen molar-refractivity contribution in [1.29, 1.82) is 0 Å². The molecule has 1 saturated heterocycles. The molecule has 0 N–H and O–H groups in total. The number of hydrogen-bond donors (Lipinski definition) is 0. The van der Waals surface area contributed by atoms with E-state index >= 15 is 0 Å². The van der Waals surface area contributed by atoms with Crippen molar-refractivity contribution in [3.8, 4) is 0 Å². The Morgan fingerprint density at radius 3 is 2.14 bits per heavy atom. The molecule has 0 bridgehead atoms. The lowest BCUT2D eigenvalue weighted by Crippen LogP contribution is -2.49. The van der Waals surface area contributed by atoms with Gasteiger partial charge < -0.3 is 19.7 Å². The fourth-order valence-corrected chi connectivity index (χ4v) is 2.65. The van der Waals surface area contributed by atoms with Crippen LogP contribution in [0.3, 0.4) is 0 Å². The van der Waals surface area contributed by atoms with Crippen LogP contribution in [0.4, 0.5) is 5.69 Å². The lowest BCUT2D eigenvalue weighted by Gasteiger charge is -2.36. The number of nitrogens with zero attached hydrogens (tertiary/aromatic N) is 2. The second-order valence-electron chi connectivity index (χ2n) is 5.99. The smallest absolute Gasteiger partial charge is 0.223 e. The maximum absolute atomic E-state index is 11.9. The van der Waals surface area contributed by atoms with Crippen LogP contribution in [-0.2, 0) is 9.59 Å². The molecule has 0 aliphatic carbocycles. The number of benzene rings is 1. The molecule has 0 spiro atoms. The first-order valence-electron chi connectivity index (χ1n) is 7.80. The predicted octanol–water partition coefficient (Wildman–Crippen LogP) is 0.989. The summed E-state index contributed by atoms with van der Waals surface area (Å²) in [5.41, 5.74) is 2.49. The van der Waals surface area contributed by atoms with Crippen LogP contribution in [0.1, 0.15) is 38.2 Å². The normalized spacial score (nSPS) is 15.2. The van der Waals surface area contributed by atoms with Gasteiger partial charge in [-0.05, 0) is 30.0 Å². The number of carbonyl (C=O) groups is 2. The molecule has 1 aromatic carbocycles. The molecule has 1 aromatic rings. The summed E-state index contributed by atoms with van der Waals surface area (Å²) in [7, 11) is 0. The highest BCUT2D eigenvalue weighted by Gasteiger charge is 2.20. The summed E-state index contributed by atoms with van der Waals surface area (Å²) in [6, 6.07) is 8.56. The Balaban J connectivity index is 1.86. The van der Waals surface area contributed by atoms with E-state index in [9.17, 15) is 14.7 Å². The largest absolute Gasteiger partial charge is 0.550 e. The summed E-state index contributed by atoms with van der Waals surface area (Å²) in [6.07, 6.45) is -0.166. The van der Waals surface area contributed by atoms with Crippen molar-refractivity contribution in [1.82, 2.24) is 4.90 Å². The van der Waals surface area contributed by atoms with Gasteiger partial charge in [0.15, 0.2) is 0 Å². The molecule has 22 heavy (non-hydrogen) atoms. The minimum Gasteiger partial charge on any atom is -0.550 e. The fourth-order valence-electron chi connectivity index (χ4n) is 2.65. The van der Waals surface area contributed by atoms with E-state index < -0.39 is 5.97 Å². The SMILES string of the molecule is CC(C)c1ccc(N2CCN(C(=O)CCC(=O)[O-])CC2)cc1. The third kappa shape index (κ3) is 4.23. The van der Waals surface area contributed by atoms with Crippen molar-refractivity contribution >= 4 is 17.6 Å². The molecule has 0 unspecified atom stereocenters. The van der Waals surface area contributed by atoms with Gasteiger partial charge in [0.05, 0.1) is 0 Å². The van der Waals surface area contributed by atoms with Gasteiger partial charge >= 0.3 is 0 Å². The third-order valence-corrected chi connectivity index (χ3v) is 4.10. The molecule has 5 nitrogen and oxygen atoms in total. The maximum Gasteiger partial charge on any atom is 0.223 e. The zero-order chi connectivity index (χ0) is 16.1. The minimum absolute atomic E-state index is 0.0332. The molecular weight excluding hydrogens is 280 g/mol. The number of carbonyl (C=O) groups excluding carboxylic acids is 2. The van der Waals surface area contributed by atoms with Crippen molar-refractivity contribution in [2.45, 2.75) is 32.6 Å². The zero-order valence-corrected chi connectivity index (χ0v) is 13.2. The van der Waals surface area contributed by atoms with Crippen LogP contribution in [0, 0.1) is 0 Å². The first-order chi connectivity index (χ1) is 10.5. The van der Waals surface area contributed by atoms with E-state index in [1.54, 1.807) is 4.90 Å². The molecule has 2 rings (SSSR count). The quantitative estimate of drug-likeness (QED) is 0.814. The van der Waals surface area contributed by atoms with Gasteiger partial charge in [0, 0.05) is 44.3 Å². The molecule has 1 aliphatic rings. The number of carboxylic acid groups (broad SMARTS) is 1. The Morgan fingerprint density at radius 2 is 1.64 bits per heavy atom. The average Bonchev–Trinajstić information content (AvgIpc) is 2.53. The second kappa shape index (κ2) is 7.29. The van der Waals surface area contributed by atoms with Crippen LogP contribution < -0.4 is 10.0 Å². The minimum atomic E-state index is -1.17. The van der Waals surface area contributed by atoms with Crippen LogP contribution in [-0.4, -0.2) is 43.0 Å². The van der Waals surface area contributed by atoms with Gasteiger partial charge in [0.25, 0.3) is 0 Å². The van der Waals surface area contributed by atoms with E-state index in [1.807, 2.05) is 0 Å². The van der Waals surface area contributed by atoms with Gasteiger partial charge in [-0.1, -0.05) is 26.0 Å². The predicted molar refractivity (Wildman–Crippen MR) is 83.6 cm³/mol. The van der Waals surface area contributed by atoms with E-state index in [4.69, 9.17) is 0 Å². The topological polar surface area (TPSA) is 63.7 Å². The Kier molecular flexibility index (Phi) is 5.41. The number of piperazine rings is 1. The second-order valence-corrected chi connectivity index (χ2v) is 5.99. The van der Waals surface area contributed by atoms with Crippen molar-refractivity contribution < 1.29 is 14.7 Å². The van der Waals surface area contributed by atoms with Crippen molar-refractivity contribution in [3.05, 3.63) is 29.8 Å². The highest BCUT2D eigenvalue weighted by atomic mass is 16.4. The van der Waals surface area contributed by atoms with Crippen LogP contribution in [0.25, 0.3) is 0 Å². The monoisotopic (exact) mass is 303 g/mol. The van der Waals surface area contributed by atoms with Crippen LogP contribution in [0.5, 0.6) is 0 Å². The van der Waals surface area contributed by atoms with Gasteiger partial charge in [-0.25, -0.2) is 0 Å². The number of anilines is 1. The van der Waals surface area contributed by atoms with Gasteiger partial charge in [0.2, 0.25) is 5.91 Å². The lowest BCUT2D eigenvalue weighted by molar-refractivity contribution is -0.305. The molecule has 1 fully saturated rings. The summed E-state index contributed by atoms with van der Waals surface area (Å²) < 4.78 is 0. The molecule has 1 amide bonds. The first kappa shape index (κ1) is 16.3. The standard InChI is InChI=1S/C17H24N2O3/c1-13(2)14-3-5-15(6-4-14)18-9-11-19(12-10-18)16(20)7-8-17(21)22/h3-6,13H,7-12H2,1-2H3,(H,21,22)/p-1. The Hall–Kier alpha value is -2.04. The molecule has 5 heteroatoms. The Labute approximate surface area is 131 Å². The molecule has 0 atom stereocenters. The highest BCUT2D eigenvalue weighted by Crippen LogP contribution is 2.21. The fraction of sp³-hybridized carbons (Fsp3) is 0.529. The van der Waals surface area contributed by atoms with E-state index in [-0.39, 0.29) is 18.7 Å². The molecule has 0 radical (unpaired) electrons. The number of rotatable bonds is 5. The maximum atomic E-state index is 11.9. The average molecular weight is 303 g/mol. The summed E-state index contributed by atoms with van der Waals surface area (Å²) in [5.74, 6) is -0.747. The van der Waals surface area contributed by atoms with Crippen LogP contribution in [0.15, 0.2) is 24.3 Å². The van der Waals surface area contributed by atoms with E-state index in [0.717, 1.165) is 13.1 Å².